The Morgan fingerprint density at radius 2 is 2.13 bits per heavy atom. The molecule has 0 radical (unpaired) electrons. The Bertz CT molecular complexity index is 2160. The summed E-state index contributed by atoms with van der Waals surface area (Å²) in [5.41, 5.74) is -2.43. The molecule has 2 unspecified atom stereocenters. The zero-order valence-corrected chi connectivity index (χ0v) is 25.2. The molecule has 3 atom stereocenters. The van der Waals surface area contributed by atoms with E-state index in [1.54, 1.807) is 4.90 Å². The highest BCUT2D eigenvalue weighted by Crippen LogP contribution is 2.44. The average Bonchev–Trinajstić information content (AvgIpc) is 3.74. The van der Waals surface area contributed by atoms with Gasteiger partial charge < -0.3 is 20.1 Å². The lowest BCUT2D eigenvalue weighted by Gasteiger charge is -2.40. The number of pyridine rings is 1. The molecule has 8 rings (SSSR count). The largest absolute Gasteiger partial charge is 0.508 e. The molecule has 4 fully saturated rings. The van der Waals surface area contributed by atoms with Crippen LogP contribution in [0.15, 0.2) is 42.1 Å². The number of anilines is 1. The Hall–Kier alpha value is -4.47. The first-order valence-electron chi connectivity index (χ1n) is 17.0. The average molecular weight is 648 g/mol. The van der Waals surface area contributed by atoms with Gasteiger partial charge in [-0.05, 0) is 69.1 Å². The van der Waals surface area contributed by atoms with Gasteiger partial charge in [-0.2, -0.15) is 18.7 Å². The van der Waals surface area contributed by atoms with E-state index in [1.807, 2.05) is 4.90 Å². The predicted molar refractivity (Wildman–Crippen MR) is 169 cm³/mol. The Balaban J connectivity index is 1.28. The van der Waals surface area contributed by atoms with E-state index >= 15 is 4.39 Å². The molecule has 8 nitrogen and oxygen atoms in total. The predicted octanol–water partition coefficient (Wildman–Crippen LogP) is 5.91. The number of ether oxygens (including phenoxy) is 1. The monoisotopic (exact) mass is 647 g/mol. The van der Waals surface area contributed by atoms with E-state index in [2.05, 4.69) is 26.2 Å². The fourth-order valence-electron chi connectivity index (χ4n) is 7.97. The highest BCUT2D eigenvalue weighted by molar-refractivity contribution is 6.03. The first kappa shape index (κ1) is 26.6. The van der Waals surface area contributed by atoms with Gasteiger partial charge in [0.2, 0.25) is 0 Å². The maximum atomic E-state index is 16.9. The number of piperazine rings is 1. The number of aromatic nitrogens is 3. The van der Waals surface area contributed by atoms with Crippen LogP contribution in [0, 0.1) is 24.0 Å². The topological polar surface area (TPSA) is 86.6 Å². The van der Waals surface area contributed by atoms with E-state index in [1.165, 1.54) is 24.4 Å². The quantitative estimate of drug-likeness (QED) is 0.204. The third-order valence-electron chi connectivity index (χ3n) is 10.1. The molecule has 12 heteroatoms. The van der Waals surface area contributed by atoms with Gasteiger partial charge >= 0.3 is 6.01 Å². The van der Waals surface area contributed by atoms with Crippen molar-refractivity contribution in [2.45, 2.75) is 56.1 Å². The second-order valence-electron chi connectivity index (χ2n) is 13.1. The third kappa shape index (κ3) is 4.86. The summed E-state index contributed by atoms with van der Waals surface area (Å²) >= 11 is 0. The van der Waals surface area contributed by atoms with Crippen molar-refractivity contribution < 1.29 is 31.5 Å². The minimum absolute atomic E-state index is 0.0281. The third-order valence-corrected chi connectivity index (χ3v) is 10.1. The maximum absolute atomic E-state index is 16.9. The lowest BCUT2D eigenvalue weighted by atomic mass is 9.94. The summed E-state index contributed by atoms with van der Waals surface area (Å²) in [6.45, 7) is -1.19. The van der Waals surface area contributed by atoms with Gasteiger partial charge in [0.1, 0.15) is 35.2 Å². The highest BCUT2D eigenvalue weighted by atomic mass is 19.3. The number of hydrogen-bond acceptors (Lipinski definition) is 8. The number of nitrogens with zero attached hydrogens (tertiary/aromatic N) is 5. The summed E-state index contributed by atoms with van der Waals surface area (Å²) < 4.78 is 90.3. The van der Waals surface area contributed by atoms with Crippen LogP contribution in [0.4, 0.5) is 23.4 Å². The summed E-state index contributed by atoms with van der Waals surface area (Å²) in [7, 11) is 0. The lowest BCUT2D eigenvalue weighted by Crippen LogP contribution is -2.58. The summed E-state index contributed by atoms with van der Waals surface area (Å²) in [6.07, 6.45) is 7.90. The van der Waals surface area contributed by atoms with Gasteiger partial charge in [-0.3, -0.25) is 9.88 Å². The minimum atomic E-state index is -2.34. The van der Waals surface area contributed by atoms with Gasteiger partial charge in [0.15, 0.2) is 5.82 Å². The second-order valence-corrected chi connectivity index (χ2v) is 13.1. The molecule has 4 aliphatic rings. The Morgan fingerprint density at radius 3 is 2.94 bits per heavy atom. The Kier molecular flexibility index (Phi) is 6.10. The van der Waals surface area contributed by atoms with Crippen LogP contribution in [0.2, 0.25) is 0 Å². The molecule has 2 aromatic heterocycles. The number of halogens is 4. The molecule has 4 saturated heterocycles. The zero-order valence-electron chi connectivity index (χ0n) is 28.2. The van der Waals surface area contributed by atoms with Crippen LogP contribution in [0.5, 0.6) is 11.8 Å². The number of nitrogens with one attached hydrogen (secondary N) is 1. The van der Waals surface area contributed by atoms with E-state index in [4.69, 9.17) is 15.3 Å². The van der Waals surface area contributed by atoms with Crippen LogP contribution in [0.1, 0.15) is 48.6 Å². The first-order valence-corrected chi connectivity index (χ1v) is 15.5. The van der Waals surface area contributed by atoms with Crippen LogP contribution < -0.4 is 15.0 Å². The van der Waals surface area contributed by atoms with Gasteiger partial charge in [-0.1, -0.05) is 12.0 Å². The maximum Gasteiger partial charge on any atom is 0.319 e. The van der Waals surface area contributed by atoms with Crippen molar-refractivity contribution in [2.24, 2.45) is 0 Å². The smallest absolute Gasteiger partial charge is 0.319 e. The molecule has 47 heavy (non-hydrogen) atoms. The first-order chi connectivity index (χ1) is 23.8. The fraction of sp³-hybridized carbons (Fsp3) is 0.400. The second kappa shape index (κ2) is 10.8. The van der Waals surface area contributed by atoms with Crippen LogP contribution in [-0.2, 0) is 0 Å². The van der Waals surface area contributed by atoms with Crippen molar-refractivity contribution >= 4 is 27.5 Å². The van der Waals surface area contributed by atoms with Gasteiger partial charge in [0.05, 0.1) is 16.5 Å². The van der Waals surface area contributed by atoms with Crippen molar-refractivity contribution in [3.8, 4) is 35.4 Å². The zero-order chi connectivity index (χ0) is 35.2. The molecule has 0 aliphatic carbocycles. The Morgan fingerprint density at radius 1 is 1.26 bits per heavy atom. The summed E-state index contributed by atoms with van der Waals surface area (Å²) in [4.78, 5) is 17.3. The van der Waals surface area contributed by atoms with Crippen LogP contribution in [-0.4, -0.2) is 74.9 Å². The molecular formula is C35H32F4N6O2. The molecular weight excluding hydrogens is 612 g/mol. The number of fused-ring (bicyclic) bond motifs is 5. The number of rotatable bonds is 5. The van der Waals surface area contributed by atoms with E-state index in [-0.39, 0.29) is 88.4 Å². The van der Waals surface area contributed by atoms with E-state index in [0.29, 0.717) is 37.7 Å². The SMILES string of the molecule is [2H]C([2H])([2H])C12CCC(CN(c3nc(OC[C@@]45CCCN4CC(=C(F)F)C5)nc4c(F)c(-c5cc(O)cc6ccc(F)c(C#C)c56)ncc34)C1)N2. The molecule has 4 aromatic rings. The van der Waals surface area contributed by atoms with E-state index < -0.39 is 35.6 Å². The highest BCUT2D eigenvalue weighted by Gasteiger charge is 2.48. The van der Waals surface area contributed by atoms with Crippen molar-refractivity contribution in [3.63, 3.8) is 0 Å². The van der Waals surface area contributed by atoms with Crippen molar-refractivity contribution in [3.05, 3.63) is 59.3 Å². The minimum Gasteiger partial charge on any atom is -0.508 e. The molecule has 242 valence electrons. The molecule has 2 aromatic carbocycles. The van der Waals surface area contributed by atoms with Crippen molar-refractivity contribution in [2.75, 3.05) is 37.7 Å². The number of benzene rings is 2. The van der Waals surface area contributed by atoms with E-state index in [0.717, 1.165) is 12.5 Å². The summed E-state index contributed by atoms with van der Waals surface area (Å²) in [6, 6.07) is 4.83. The van der Waals surface area contributed by atoms with Gasteiger partial charge in [-0.15, -0.1) is 6.42 Å². The molecule has 2 N–H and O–H groups in total. The molecule has 2 bridgehead atoms. The van der Waals surface area contributed by atoms with Crippen LogP contribution >= 0.6 is 0 Å². The van der Waals surface area contributed by atoms with Crippen LogP contribution in [0.25, 0.3) is 32.9 Å². The molecule has 6 heterocycles. The standard InChI is InChI=1S/C35H32F4N6O2/c1-3-23-26(36)6-5-19-11-22(46)12-24(27(19)23)29-28(37)30-25(14-40-29)32(44-16-21-7-9-34(2,17-44)43-21)42-33(41-30)47-18-35-8-4-10-45(35)15-20(13-35)31(38)39/h1,5-6,11-12,14,21,43,46H,4,7-10,13,15-18H2,2H3/t21?,34?,35-/m0/s1/i2D3. The summed E-state index contributed by atoms with van der Waals surface area (Å²) in [5, 5.41) is 14.6. The summed E-state index contributed by atoms with van der Waals surface area (Å²) in [5.74, 6) is 0.677. The number of aromatic hydroxyl groups is 1. The number of phenols is 1. The molecule has 0 saturated carbocycles. The normalized spacial score (nSPS) is 26.7. The fourth-order valence-corrected chi connectivity index (χ4v) is 7.97. The molecule has 0 amide bonds. The number of phenolic OH excluding ortho intramolecular Hbond substituents is 1. The van der Waals surface area contributed by atoms with Gasteiger partial charge in [0.25, 0.3) is 6.08 Å². The Labute approximate surface area is 272 Å². The van der Waals surface area contributed by atoms with Crippen molar-refractivity contribution in [1.82, 2.24) is 25.2 Å². The van der Waals surface area contributed by atoms with Crippen LogP contribution in [0.3, 0.4) is 0 Å². The lowest BCUT2D eigenvalue weighted by molar-refractivity contribution is 0.108. The van der Waals surface area contributed by atoms with Gasteiger partial charge in [-0.25, -0.2) is 8.78 Å². The number of terminal acetylenes is 1. The van der Waals surface area contributed by atoms with Gasteiger partial charge in [0, 0.05) is 58.0 Å². The molecule has 0 spiro atoms. The van der Waals surface area contributed by atoms with E-state index in [9.17, 15) is 18.3 Å². The number of hydrogen-bond donors (Lipinski definition) is 2. The molecule has 4 aliphatic heterocycles. The van der Waals surface area contributed by atoms with Crippen molar-refractivity contribution in [1.29, 1.82) is 0 Å².